The van der Waals surface area contributed by atoms with E-state index in [1.807, 2.05) is 12.1 Å². The zero-order valence-electron chi connectivity index (χ0n) is 10.9. The Morgan fingerprint density at radius 1 is 1.28 bits per heavy atom. The normalized spacial score (nSPS) is 22.6. The Balaban J connectivity index is 1.95. The Morgan fingerprint density at radius 2 is 2.00 bits per heavy atom. The number of nitrogens with one attached hydrogen (secondary N) is 1. The molecular weight excluding hydrogens is 224 g/mol. The second kappa shape index (κ2) is 4.39. The van der Waals surface area contributed by atoms with Gasteiger partial charge in [-0.05, 0) is 44.1 Å². The average molecular weight is 244 g/mol. The van der Waals surface area contributed by atoms with Crippen LogP contribution in [0.5, 0.6) is 0 Å². The number of carbonyl (C=O) groups excluding carboxylic acids is 1. The van der Waals surface area contributed by atoms with E-state index in [0.29, 0.717) is 0 Å². The van der Waals surface area contributed by atoms with Crippen molar-refractivity contribution in [3.05, 3.63) is 35.4 Å². The SMILES string of the molecule is CCN1CCC2(CC1)CNC(=O)c1ccccc12. The number of benzene rings is 1. The first-order valence-corrected chi connectivity index (χ1v) is 6.85. The van der Waals surface area contributed by atoms with Crippen molar-refractivity contribution in [1.82, 2.24) is 10.2 Å². The van der Waals surface area contributed by atoms with Crippen molar-refractivity contribution in [3.63, 3.8) is 0 Å². The molecule has 1 spiro atoms. The quantitative estimate of drug-likeness (QED) is 0.816. The maximum atomic E-state index is 11.9. The van der Waals surface area contributed by atoms with Crippen LogP contribution in [-0.2, 0) is 5.41 Å². The van der Waals surface area contributed by atoms with Gasteiger partial charge in [-0.2, -0.15) is 0 Å². The fraction of sp³-hybridized carbons (Fsp3) is 0.533. The number of carbonyl (C=O) groups is 1. The van der Waals surface area contributed by atoms with Crippen LogP contribution in [0.15, 0.2) is 24.3 Å². The lowest BCUT2D eigenvalue weighted by molar-refractivity contribution is 0.0888. The van der Waals surface area contributed by atoms with Gasteiger partial charge in [0.1, 0.15) is 0 Å². The van der Waals surface area contributed by atoms with Gasteiger partial charge in [-0.3, -0.25) is 4.79 Å². The van der Waals surface area contributed by atoms with E-state index in [4.69, 9.17) is 0 Å². The number of fused-ring (bicyclic) bond motifs is 2. The number of likely N-dealkylation sites (tertiary alicyclic amines) is 1. The molecule has 0 bridgehead atoms. The Morgan fingerprint density at radius 3 is 2.72 bits per heavy atom. The molecule has 1 N–H and O–H groups in total. The third-order valence-electron chi connectivity index (χ3n) is 4.59. The molecule has 3 heteroatoms. The summed E-state index contributed by atoms with van der Waals surface area (Å²) in [6.07, 6.45) is 2.30. The van der Waals surface area contributed by atoms with E-state index in [2.05, 4.69) is 29.3 Å². The van der Waals surface area contributed by atoms with Gasteiger partial charge in [-0.25, -0.2) is 0 Å². The van der Waals surface area contributed by atoms with Crippen molar-refractivity contribution in [2.45, 2.75) is 25.2 Å². The minimum absolute atomic E-state index is 0.0918. The molecule has 0 aromatic heterocycles. The van der Waals surface area contributed by atoms with Gasteiger partial charge in [-0.15, -0.1) is 0 Å². The maximum absolute atomic E-state index is 11.9. The summed E-state index contributed by atoms with van der Waals surface area (Å²) in [6.45, 7) is 6.43. The second-order valence-corrected chi connectivity index (χ2v) is 5.44. The predicted octanol–water partition coefficient (Wildman–Crippen LogP) is 1.78. The summed E-state index contributed by atoms with van der Waals surface area (Å²) in [5.74, 6) is 0.0918. The molecule has 1 saturated heterocycles. The Kier molecular flexibility index (Phi) is 2.86. The third kappa shape index (κ3) is 1.74. The molecule has 3 nitrogen and oxygen atoms in total. The number of amides is 1. The molecule has 1 aromatic rings. The summed E-state index contributed by atoms with van der Waals surface area (Å²) >= 11 is 0. The third-order valence-corrected chi connectivity index (χ3v) is 4.59. The number of hydrogen-bond donors (Lipinski definition) is 1. The van der Waals surface area contributed by atoms with Crippen molar-refractivity contribution in [3.8, 4) is 0 Å². The van der Waals surface area contributed by atoms with Gasteiger partial charge in [0, 0.05) is 17.5 Å². The van der Waals surface area contributed by atoms with E-state index < -0.39 is 0 Å². The van der Waals surface area contributed by atoms with Gasteiger partial charge in [0.05, 0.1) is 0 Å². The first kappa shape index (κ1) is 11.7. The van der Waals surface area contributed by atoms with Crippen LogP contribution in [0.1, 0.15) is 35.7 Å². The molecule has 0 atom stereocenters. The van der Waals surface area contributed by atoms with Crippen molar-refractivity contribution in [2.75, 3.05) is 26.2 Å². The molecule has 1 amide bonds. The molecule has 2 aliphatic rings. The summed E-state index contributed by atoms with van der Waals surface area (Å²) in [6, 6.07) is 8.12. The van der Waals surface area contributed by atoms with Gasteiger partial charge in [0.25, 0.3) is 5.91 Å². The van der Waals surface area contributed by atoms with E-state index in [1.54, 1.807) is 0 Å². The van der Waals surface area contributed by atoms with Gasteiger partial charge in [-0.1, -0.05) is 25.1 Å². The summed E-state index contributed by atoms with van der Waals surface area (Å²) in [5.41, 5.74) is 2.33. The largest absolute Gasteiger partial charge is 0.351 e. The standard InChI is InChI=1S/C15H20N2O/c1-2-17-9-7-15(8-10-17)11-16-14(18)12-5-3-4-6-13(12)15/h3-6H,2,7-11H2,1H3,(H,16,18). The monoisotopic (exact) mass is 244 g/mol. The lowest BCUT2D eigenvalue weighted by Crippen LogP contribution is -2.52. The van der Waals surface area contributed by atoms with Crippen LogP contribution in [0.2, 0.25) is 0 Å². The van der Waals surface area contributed by atoms with Crippen LogP contribution in [0.4, 0.5) is 0 Å². The average Bonchev–Trinajstić information content (AvgIpc) is 2.44. The van der Waals surface area contributed by atoms with E-state index in [1.165, 1.54) is 5.56 Å². The zero-order chi connectivity index (χ0) is 12.6. The summed E-state index contributed by atoms with van der Waals surface area (Å²) in [7, 11) is 0. The summed E-state index contributed by atoms with van der Waals surface area (Å²) in [4.78, 5) is 14.4. The van der Waals surface area contributed by atoms with Crippen LogP contribution < -0.4 is 5.32 Å². The zero-order valence-corrected chi connectivity index (χ0v) is 10.9. The highest BCUT2D eigenvalue weighted by Gasteiger charge is 2.41. The molecule has 2 aliphatic heterocycles. The Bertz CT molecular complexity index is 461. The highest BCUT2D eigenvalue weighted by molar-refractivity contribution is 5.97. The second-order valence-electron chi connectivity index (χ2n) is 5.44. The summed E-state index contributed by atoms with van der Waals surface area (Å²) < 4.78 is 0. The number of rotatable bonds is 1. The molecule has 3 rings (SSSR count). The topological polar surface area (TPSA) is 32.3 Å². The summed E-state index contributed by atoms with van der Waals surface area (Å²) in [5, 5.41) is 3.07. The highest BCUT2D eigenvalue weighted by atomic mass is 16.1. The molecule has 0 radical (unpaired) electrons. The molecule has 0 saturated carbocycles. The van der Waals surface area contributed by atoms with E-state index in [9.17, 15) is 4.79 Å². The molecule has 96 valence electrons. The van der Waals surface area contributed by atoms with Gasteiger partial charge in [0.15, 0.2) is 0 Å². The van der Waals surface area contributed by atoms with E-state index in [-0.39, 0.29) is 11.3 Å². The highest BCUT2D eigenvalue weighted by Crippen LogP contribution is 2.38. The van der Waals surface area contributed by atoms with Crippen LogP contribution in [-0.4, -0.2) is 37.0 Å². The molecule has 18 heavy (non-hydrogen) atoms. The van der Waals surface area contributed by atoms with Gasteiger partial charge < -0.3 is 10.2 Å². The van der Waals surface area contributed by atoms with Crippen LogP contribution in [0, 0.1) is 0 Å². The number of nitrogens with zero attached hydrogens (tertiary/aromatic N) is 1. The van der Waals surface area contributed by atoms with Crippen molar-refractivity contribution in [1.29, 1.82) is 0 Å². The fourth-order valence-electron chi connectivity index (χ4n) is 3.33. The molecule has 1 aromatic carbocycles. The lowest BCUT2D eigenvalue weighted by Gasteiger charge is -2.45. The first-order valence-electron chi connectivity index (χ1n) is 6.85. The van der Waals surface area contributed by atoms with Gasteiger partial charge >= 0.3 is 0 Å². The minimum Gasteiger partial charge on any atom is -0.351 e. The smallest absolute Gasteiger partial charge is 0.251 e. The predicted molar refractivity (Wildman–Crippen MR) is 71.8 cm³/mol. The van der Waals surface area contributed by atoms with E-state index in [0.717, 1.165) is 44.6 Å². The van der Waals surface area contributed by atoms with Crippen molar-refractivity contribution in [2.24, 2.45) is 0 Å². The first-order chi connectivity index (χ1) is 8.75. The fourth-order valence-corrected chi connectivity index (χ4v) is 3.33. The van der Waals surface area contributed by atoms with Gasteiger partial charge in [0.2, 0.25) is 0 Å². The molecule has 2 heterocycles. The molecule has 1 fully saturated rings. The minimum atomic E-state index is 0.0918. The van der Waals surface area contributed by atoms with Crippen molar-refractivity contribution < 1.29 is 4.79 Å². The molecule has 0 aliphatic carbocycles. The van der Waals surface area contributed by atoms with Crippen molar-refractivity contribution >= 4 is 5.91 Å². The Hall–Kier alpha value is -1.35. The maximum Gasteiger partial charge on any atom is 0.251 e. The van der Waals surface area contributed by atoms with Crippen LogP contribution >= 0.6 is 0 Å². The Labute approximate surface area is 108 Å². The number of hydrogen-bond acceptors (Lipinski definition) is 2. The number of piperidine rings is 1. The van der Waals surface area contributed by atoms with E-state index >= 15 is 0 Å². The lowest BCUT2D eigenvalue weighted by atomic mass is 9.69. The van der Waals surface area contributed by atoms with Crippen LogP contribution in [0.25, 0.3) is 0 Å². The van der Waals surface area contributed by atoms with Crippen LogP contribution in [0.3, 0.4) is 0 Å². The molecular formula is C15H20N2O. The molecule has 0 unspecified atom stereocenters.